The van der Waals surface area contributed by atoms with Gasteiger partial charge >= 0.3 is 0 Å². The topological polar surface area (TPSA) is 98.8 Å². The van der Waals surface area contributed by atoms with E-state index in [0.29, 0.717) is 56.7 Å². The van der Waals surface area contributed by atoms with Crippen LogP contribution < -0.4 is 20.1 Å². The molecule has 2 aromatic carbocycles. The van der Waals surface area contributed by atoms with Crippen LogP contribution in [0.2, 0.25) is 0 Å². The second-order valence-electron chi connectivity index (χ2n) is 8.18. The Bertz CT molecular complexity index is 1280. The van der Waals surface area contributed by atoms with Gasteiger partial charge in [-0.25, -0.2) is 4.39 Å². The smallest absolute Gasteiger partial charge is 0.216 e. The Morgan fingerprint density at radius 3 is 2.47 bits per heavy atom. The van der Waals surface area contributed by atoms with E-state index < -0.39 is 0 Å². The van der Waals surface area contributed by atoms with Crippen molar-refractivity contribution in [3.05, 3.63) is 48.3 Å². The predicted molar refractivity (Wildman–Crippen MR) is 136 cm³/mol. The molecule has 9 nitrogen and oxygen atoms in total. The molecule has 0 unspecified atom stereocenters. The average Bonchev–Trinajstić information content (AvgIpc) is 3.37. The van der Waals surface area contributed by atoms with E-state index in [4.69, 9.17) is 18.9 Å². The third-order valence-electron chi connectivity index (χ3n) is 5.70. The number of nitrogens with one attached hydrogen (secondary N) is 3. The number of aromatic nitrogens is 2. The molecule has 2 aromatic rings. The van der Waals surface area contributed by atoms with E-state index in [1.54, 1.807) is 20.3 Å². The zero-order valence-corrected chi connectivity index (χ0v) is 20.7. The van der Waals surface area contributed by atoms with Gasteiger partial charge in [0.1, 0.15) is 11.6 Å². The number of hydrogen-bond donors (Lipinski definition) is 3. The van der Waals surface area contributed by atoms with Crippen molar-refractivity contribution in [3.8, 4) is 22.8 Å². The molecular formula is C26H31FN4O5. The second kappa shape index (κ2) is 11.8. The summed E-state index contributed by atoms with van der Waals surface area (Å²) in [5, 5.41) is 11.5. The molecule has 36 heavy (non-hydrogen) atoms. The van der Waals surface area contributed by atoms with Crippen LogP contribution >= 0.6 is 0 Å². The number of aromatic amines is 1. The van der Waals surface area contributed by atoms with E-state index in [1.807, 2.05) is 22.9 Å². The van der Waals surface area contributed by atoms with Gasteiger partial charge in [0.25, 0.3) is 0 Å². The van der Waals surface area contributed by atoms with Crippen LogP contribution in [0.1, 0.15) is 6.92 Å². The van der Waals surface area contributed by atoms with Gasteiger partial charge in [0.2, 0.25) is 5.91 Å². The predicted octanol–water partition coefficient (Wildman–Crippen LogP) is 4.14. The van der Waals surface area contributed by atoms with Gasteiger partial charge in [-0.2, -0.15) is 0 Å². The van der Waals surface area contributed by atoms with Crippen LogP contribution in [0, 0.1) is 5.82 Å². The molecule has 1 aliphatic heterocycles. The first-order chi connectivity index (χ1) is 17.5. The van der Waals surface area contributed by atoms with E-state index >= 15 is 0 Å². The maximum atomic E-state index is 13.8. The van der Waals surface area contributed by atoms with Crippen molar-refractivity contribution in [1.82, 2.24) is 15.1 Å². The summed E-state index contributed by atoms with van der Waals surface area (Å²) in [6.07, 6.45) is 0. The van der Waals surface area contributed by atoms with E-state index in [2.05, 4.69) is 21.8 Å². The lowest BCUT2D eigenvalue weighted by Gasteiger charge is -2.12. The molecule has 0 aromatic heterocycles. The van der Waals surface area contributed by atoms with Crippen molar-refractivity contribution in [2.45, 2.75) is 13.5 Å². The average molecular weight is 499 g/mol. The van der Waals surface area contributed by atoms with Crippen LogP contribution in [-0.2, 0) is 20.8 Å². The van der Waals surface area contributed by atoms with Crippen molar-refractivity contribution in [3.63, 3.8) is 0 Å². The van der Waals surface area contributed by atoms with Crippen LogP contribution in [0.3, 0.4) is 0 Å². The lowest BCUT2D eigenvalue weighted by Crippen LogP contribution is -2.25. The number of methoxy groups -OCH3 is 2. The maximum Gasteiger partial charge on any atom is 0.216 e. The summed E-state index contributed by atoms with van der Waals surface area (Å²) in [5.74, 6) is 1.69. The van der Waals surface area contributed by atoms with E-state index in [-0.39, 0.29) is 11.7 Å². The molecule has 10 heteroatoms. The fourth-order valence-electron chi connectivity index (χ4n) is 4.03. The molecule has 0 atom stereocenters. The van der Waals surface area contributed by atoms with Crippen LogP contribution in [0.4, 0.5) is 15.9 Å². The fraction of sp³-hybridized carbons (Fsp3) is 0.346. The summed E-state index contributed by atoms with van der Waals surface area (Å²) in [6.45, 7) is 4.22. The molecule has 4 rings (SSSR count). The minimum Gasteiger partial charge on any atom is -0.493 e. The Balaban J connectivity index is 1.50. The zero-order valence-electron chi connectivity index (χ0n) is 20.7. The number of anilines is 2. The minimum absolute atomic E-state index is 0.0789. The first kappa shape index (κ1) is 25.3. The van der Waals surface area contributed by atoms with Gasteiger partial charge in [-0.05, 0) is 41.8 Å². The zero-order chi connectivity index (χ0) is 25.5. The molecule has 0 saturated heterocycles. The van der Waals surface area contributed by atoms with Gasteiger partial charge in [0.15, 0.2) is 11.5 Å². The number of amides is 1. The minimum atomic E-state index is -0.317. The number of carbonyl (C=O) groups is 1. The first-order valence-corrected chi connectivity index (χ1v) is 11.7. The van der Waals surface area contributed by atoms with Crippen molar-refractivity contribution in [1.29, 1.82) is 0 Å². The summed E-state index contributed by atoms with van der Waals surface area (Å²) >= 11 is 0. The number of halogens is 1. The molecule has 0 spiro atoms. The quantitative estimate of drug-likeness (QED) is 0.240. The molecule has 192 valence electrons. The van der Waals surface area contributed by atoms with E-state index in [0.717, 1.165) is 27.8 Å². The maximum absolute atomic E-state index is 13.8. The summed E-state index contributed by atoms with van der Waals surface area (Å²) in [4.78, 5) is 10.9. The Kier molecular flexibility index (Phi) is 8.29. The number of rotatable bonds is 13. The molecule has 0 fully saturated rings. The van der Waals surface area contributed by atoms with Crippen molar-refractivity contribution >= 4 is 28.2 Å². The van der Waals surface area contributed by atoms with Gasteiger partial charge in [-0.15, -0.1) is 0 Å². The van der Waals surface area contributed by atoms with E-state index in [9.17, 15) is 9.18 Å². The van der Waals surface area contributed by atoms with Crippen LogP contribution in [0.25, 0.3) is 22.0 Å². The number of H-pyrrole nitrogens is 1. The highest BCUT2D eigenvalue weighted by Crippen LogP contribution is 2.43. The van der Waals surface area contributed by atoms with Gasteiger partial charge in [0.05, 0.1) is 52.9 Å². The highest BCUT2D eigenvalue weighted by molar-refractivity contribution is 6.05. The highest BCUT2D eigenvalue weighted by atomic mass is 19.1. The Hall–Kier alpha value is -3.76. The van der Waals surface area contributed by atoms with Crippen molar-refractivity contribution in [2.75, 3.05) is 52.5 Å². The normalized spacial score (nSPS) is 11.2. The fourth-order valence-corrected chi connectivity index (χ4v) is 4.03. The standard InChI is InChI=1S/C26H31FN4O5/c1-17(32)28-7-9-35-11-12-36-10-8-31-26(29-20-6-4-5-19(27)15-20)22-13-18-14-23(33-2)24(34-3)16-21(18)25(22)30-31/h4-6,13-16,29-30H,7-12H2,1-3H3,(H,28,32). The number of ether oxygens (including phenoxy) is 4. The largest absolute Gasteiger partial charge is 0.493 e. The molecule has 3 N–H and O–H groups in total. The second-order valence-corrected chi connectivity index (χ2v) is 8.18. The van der Waals surface area contributed by atoms with Gasteiger partial charge in [-0.1, -0.05) is 6.07 Å². The molecule has 0 saturated carbocycles. The number of fused-ring (bicyclic) bond motifs is 3. The molecule has 2 aliphatic rings. The van der Waals surface area contributed by atoms with Gasteiger partial charge < -0.3 is 29.6 Å². The third-order valence-corrected chi connectivity index (χ3v) is 5.70. The lowest BCUT2D eigenvalue weighted by atomic mass is 10.2. The molecule has 1 aliphatic carbocycles. The van der Waals surface area contributed by atoms with Gasteiger partial charge in [0, 0.05) is 30.1 Å². The van der Waals surface area contributed by atoms with Crippen LogP contribution in [-0.4, -0.2) is 62.9 Å². The van der Waals surface area contributed by atoms with Crippen LogP contribution in [0.5, 0.6) is 11.5 Å². The molecule has 0 bridgehead atoms. The SMILES string of the molecule is COc1cc2cc3c(Nc4cccc(F)c4)n(CCOCCOCCNC(C)=O)[nH]c-3c2cc1OC. The van der Waals surface area contributed by atoms with Crippen LogP contribution in [0.15, 0.2) is 42.5 Å². The Labute approximate surface area is 208 Å². The Morgan fingerprint density at radius 1 is 1.00 bits per heavy atom. The molecule has 0 radical (unpaired) electrons. The summed E-state index contributed by atoms with van der Waals surface area (Å²) in [6, 6.07) is 12.3. The first-order valence-electron chi connectivity index (χ1n) is 11.7. The summed E-state index contributed by atoms with van der Waals surface area (Å²) in [5.41, 5.74) is 2.51. The number of carbonyl (C=O) groups excluding carboxylic acids is 1. The summed E-state index contributed by atoms with van der Waals surface area (Å²) in [7, 11) is 3.22. The third kappa shape index (κ3) is 5.89. The highest BCUT2D eigenvalue weighted by Gasteiger charge is 2.22. The monoisotopic (exact) mass is 498 g/mol. The van der Waals surface area contributed by atoms with Crippen molar-refractivity contribution in [2.24, 2.45) is 0 Å². The molecular weight excluding hydrogens is 467 g/mol. The van der Waals surface area contributed by atoms with E-state index in [1.165, 1.54) is 19.1 Å². The number of nitrogens with zero attached hydrogens (tertiary/aromatic N) is 1. The van der Waals surface area contributed by atoms with Crippen molar-refractivity contribution < 1.29 is 28.1 Å². The number of hydrogen-bond acceptors (Lipinski definition) is 6. The molecule has 1 amide bonds. The van der Waals surface area contributed by atoms with Gasteiger partial charge in [-0.3, -0.25) is 14.6 Å². The molecule has 1 heterocycles. The Morgan fingerprint density at radius 2 is 1.75 bits per heavy atom. The lowest BCUT2D eigenvalue weighted by molar-refractivity contribution is -0.119. The number of benzene rings is 2. The summed E-state index contributed by atoms with van der Waals surface area (Å²) < 4.78 is 37.9.